The van der Waals surface area contributed by atoms with Gasteiger partial charge in [0, 0.05) is 18.2 Å². The van der Waals surface area contributed by atoms with Crippen molar-refractivity contribution in [2.24, 2.45) is 0 Å². The Morgan fingerprint density at radius 1 is 1.11 bits per heavy atom. The van der Waals surface area contributed by atoms with Crippen LogP contribution in [0.3, 0.4) is 0 Å². The van der Waals surface area contributed by atoms with E-state index in [4.69, 9.17) is 9.47 Å². The van der Waals surface area contributed by atoms with E-state index in [0.717, 1.165) is 0 Å². The molecule has 1 aromatic heterocycles. The van der Waals surface area contributed by atoms with Crippen LogP contribution in [0.2, 0.25) is 0 Å². The highest BCUT2D eigenvalue weighted by Gasteiger charge is 2.39. The lowest BCUT2D eigenvalue weighted by atomic mass is 9.92. The number of ether oxygens (including phenoxy) is 2. The fourth-order valence-corrected chi connectivity index (χ4v) is 4.33. The van der Waals surface area contributed by atoms with Gasteiger partial charge in [0.1, 0.15) is 0 Å². The van der Waals surface area contributed by atoms with E-state index in [9.17, 15) is 31.1 Å². The Labute approximate surface area is 211 Å². The number of carbonyl (C=O) groups excluding carboxylic acids is 1. The number of aromatic nitrogens is 1. The van der Waals surface area contributed by atoms with Gasteiger partial charge in [-0.2, -0.15) is 26.3 Å². The molecule has 0 radical (unpaired) electrons. The number of anilines is 1. The number of carbonyl (C=O) groups is 1. The monoisotopic (exact) mass is 533 g/mol. The van der Waals surface area contributed by atoms with E-state index < -0.39 is 35.6 Å². The molecule has 1 amide bonds. The van der Waals surface area contributed by atoms with Crippen LogP contribution in [0.1, 0.15) is 67.6 Å². The Morgan fingerprint density at radius 2 is 1.70 bits per heavy atom. The molecule has 1 aliphatic heterocycles. The zero-order chi connectivity index (χ0) is 27.7. The van der Waals surface area contributed by atoms with Crippen LogP contribution < -0.4 is 15.0 Å². The number of nitrogens with zero attached hydrogens (tertiary/aromatic N) is 2. The van der Waals surface area contributed by atoms with Gasteiger partial charge in [-0.25, -0.2) is 9.78 Å². The third-order valence-electron chi connectivity index (χ3n) is 6.04. The first-order valence-electron chi connectivity index (χ1n) is 11.7. The van der Waals surface area contributed by atoms with Crippen molar-refractivity contribution in [3.05, 3.63) is 52.2 Å². The number of hydrogen-bond acceptors (Lipinski definition) is 5. The summed E-state index contributed by atoms with van der Waals surface area (Å²) in [4.78, 5) is 19.0. The van der Waals surface area contributed by atoms with E-state index in [1.807, 2.05) is 6.92 Å². The second-order valence-electron chi connectivity index (χ2n) is 9.17. The highest BCUT2D eigenvalue weighted by atomic mass is 19.4. The van der Waals surface area contributed by atoms with E-state index >= 15 is 0 Å². The molecule has 2 heterocycles. The van der Waals surface area contributed by atoms with Crippen molar-refractivity contribution in [3.63, 3.8) is 0 Å². The number of methoxy groups -OCH3 is 1. The summed E-state index contributed by atoms with van der Waals surface area (Å²) in [7, 11) is 1.42. The molecule has 0 bridgehead atoms. The number of aryl methyl sites for hydroxylation is 1. The first kappa shape index (κ1) is 28.5. The third-order valence-corrected chi connectivity index (χ3v) is 6.04. The predicted molar refractivity (Wildman–Crippen MR) is 124 cm³/mol. The molecule has 3 rings (SSSR count). The number of halogens is 6. The summed E-state index contributed by atoms with van der Waals surface area (Å²) in [5.41, 5.74) is -1.47. The van der Waals surface area contributed by atoms with Crippen molar-refractivity contribution in [2.45, 2.75) is 77.6 Å². The van der Waals surface area contributed by atoms with Gasteiger partial charge in [-0.05, 0) is 63.4 Å². The summed E-state index contributed by atoms with van der Waals surface area (Å²) < 4.78 is 90.5. The van der Waals surface area contributed by atoms with E-state index in [1.165, 1.54) is 12.0 Å². The Morgan fingerprint density at radius 3 is 2.19 bits per heavy atom. The molecule has 37 heavy (non-hydrogen) atoms. The molecule has 0 aliphatic carbocycles. The van der Waals surface area contributed by atoms with Gasteiger partial charge in [-0.3, -0.25) is 4.90 Å². The lowest BCUT2D eigenvalue weighted by molar-refractivity contribution is -0.143. The molecular formula is C25H29F6N3O3. The molecular weight excluding hydrogens is 504 g/mol. The largest absolute Gasteiger partial charge is 0.481 e. The molecule has 2 atom stereocenters. The molecule has 0 spiro atoms. The van der Waals surface area contributed by atoms with E-state index in [2.05, 4.69) is 10.3 Å². The normalized spacial score (nSPS) is 18.1. The summed E-state index contributed by atoms with van der Waals surface area (Å²) in [6, 6.07) is 2.27. The second kappa shape index (κ2) is 10.8. The van der Waals surface area contributed by atoms with Gasteiger partial charge in [0.25, 0.3) is 0 Å². The SMILES string of the molecule is CC[C@H]1C[C@@H](NCc2cc(C(F)(F)F)cc(C(F)(F)F)c2)c2nc(OC)c(C)cc2N1C(=O)OC(C)C. The quantitative estimate of drug-likeness (QED) is 0.414. The molecule has 1 aliphatic rings. The van der Waals surface area contributed by atoms with Crippen LogP contribution >= 0.6 is 0 Å². The van der Waals surface area contributed by atoms with Crippen LogP contribution in [0.15, 0.2) is 24.3 Å². The Balaban J connectivity index is 2.01. The number of rotatable bonds is 6. The fraction of sp³-hybridized carbons (Fsp3) is 0.520. The number of amides is 1. The summed E-state index contributed by atoms with van der Waals surface area (Å²) in [6.45, 7) is 6.76. The second-order valence-corrected chi connectivity index (χ2v) is 9.17. The number of benzene rings is 1. The highest BCUT2D eigenvalue weighted by Crippen LogP contribution is 2.41. The molecule has 0 fully saturated rings. The standard InChI is InChI=1S/C25H29F6N3O3/c1-6-18-11-19(32-12-15-8-16(24(26,27)28)10-17(9-15)25(29,30)31)21-20(7-14(4)22(33-21)36-5)34(18)23(35)37-13(2)3/h7-10,13,18-19,32H,6,11-12H2,1-5H3/t18-,19+/m0/s1. The van der Waals surface area contributed by atoms with Crippen LogP contribution in [-0.2, 0) is 23.6 Å². The predicted octanol–water partition coefficient (Wildman–Crippen LogP) is 6.80. The van der Waals surface area contributed by atoms with Crippen LogP contribution in [0, 0.1) is 6.92 Å². The van der Waals surface area contributed by atoms with Gasteiger partial charge < -0.3 is 14.8 Å². The maximum absolute atomic E-state index is 13.3. The first-order chi connectivity index (χ1) is 17.1. The van der Waals surface area contributed by atoms with Crippen LogP contribution in [0.25, 0.3) is 0 Å². The molecule has 204 valence electrons. The lowest BCUT2D eigenvalue weighted by Gasteiger charge is -2.40. The Bertz CT molecular complexity index is 1100. The smallest absolute Gasteiger partial charge is 0.416 e. The van der Waals surface area contributed by atoms with Gasteiger partial charge in [0.15, 0.2) is 0 Å². The molecule has 0 saturated heterocycles. The maximum atomic E-state index is 13.3. The van der Waals surface area contributed by atoms with Crippen molar-refractivity contribution in [1.29, 1.82) is 0 Å². The van der Waals surface area contributed by atoms with Crippen LogP contribution in [0.4, 0.5) is 36.8 Å². The molecule has 6 nitrogen and oxygen atoms in total. The average Bonchev–Trinajstić information content (AvgIpc) is 2.79. The molecule has 12 heteroatoms. The summed E-state index contributed by atoms with van der Waals surface area (Å²) in [5, 5.41) is 3.06. The van der Waals surface area contributed by atoms with Gasteiger partial charge >= 0.3 is 18.4 Å². The summed E-state index contributed by atoms with van der Waals surface area (Å²) in [5.74, 6) is 0.288. The van der Waals surface area contributed by atoms with Crippen molar-refractivity contribution >= 4 is 11.8 Å². The number of hydrogen-bond donors (Lipinski definition) is 1. The van der Waals surface area contributed by atoms with Gasteiger partial charge in [0.2, 0.25) is 5.88 Å². The minimum absolute atomic E-state index is 0.0972. The molecule has 0 saturated carbocycles. The minimum atomic E-state index is -4.94. The Kier molecular flexibility index (Phi) is 8.31. The van der Waals surface area contributed by atoms with E-state index in [1.54, 1.807) is 26.8 Å². The summed E-state index contributed by atoms with van der Waals surface area (Å²) >= 11 is 0. The fourth-order valence-electron chi connectivity index (χ4n) is 4.33. The minimum Gasteiger partial charge on any atom is -0.481 e. The number of pyridine rings is 1. The lowest BCUT2D eigenvalue weighted by Crippen LogP contribution is -2.47. The zero-order valence-corrected chi connectivity index (χ0v) is 21.0. The molecule has 1 aromatic carbocycles. The number of fused-ring (bicyclic) bond motifs is 1. The van der Waals surface area contributed by atoms with Gasteiger partial charge in [-0.1, -0.05) is 6.92 Å². The highest BCUT2D eigenvalue weighted by molar-refractivity contribution is 5.90. The van der Waals surface area contributed by atoms with Crippen molar-refractivity contribution in [2.75, 3.05) is 12.0 Å². The van der Waals surface area contributed by atoms with Gasteiger partial charge in [-0.15, -0.1) is 0 Å². The van der Waals surface area contributed by atoms with Gasteiger partial charge in [0.05, 0.1) is 41.8 Å². The van der Waals surface area contributed by atoms with E-state index in [-0.39, 0.29) is 36.2 Å². The molecule has 1 N–H and O–H groups in total. The third kappa shape index (κ3) is 6.46. The number of nitrogens with one attached hydrogen (secondary N) is 1. The van der Waals surface area contributed by atoms with E-state index in [0.29, 0.717) is 41.9 Å². The molecule has 0 unspecified atom stereocenters. The average molecular weight is 534 g/mol. The van der Waals surface area contributed by atoms with Crippen LogP contribution in [-0.4, -0.2) is 30.3 Å². The first-order valence-corrected chi connectivity index (χ1v) is 11.7. The maximum Gasteiger partial charge on any atom is 0.416 e. The summed E-state index contributed by atoms with van der Waals surface area (Å²) in [6.07, 6.45) is -9.99. The molecule has 2 aromatic rings. The number of alkyl halides is 6. The Hall–Kier alpha value is -3.02. The van der Waals surface area contributed by atoms with Crippen LogP contribution in [0.5, 0.6) is 5.88 Å². The van der Waals surface area contributed by atoms with Crippen molar-refractivity contribution in [3.8, 4) is 5.88 Å². The zero-order valence-electron chi connectivity index (χ0n) is 21.0. The van der Waals surface area contributed by atoms with Crippen molar-refractivity contribution < 1.29 is 40.6 Å². The van der Waals surface area contributed by atoms with Crippen molar-refractivity contribution in [1.82, 2.24) is 10.3 Å². The topological polar surface area (TPSA) is 63.7 Å².